The Morgan fingerprint density at radius 3 is 1.34 bits per heavy atom. The molecule has 0 N–H and O–H groups in total. The summed E-state index contributed by atoms with van der Waals surface area (Å²) in [6.45, 7) is 0. The van der Waals surface area contributed by atoms with Crippen LogP contribution in [0.1, 0.15) is 0 Å². The fourth-order valence-corrected chi connectivity index (χ4v) is 3.67. The minimum absolute atomic E-state index is 0.204. The fourth-order valence-electron chi connectivity index (χ4n) is 2.33. The molecule has 0 atom stereocenters. The fraction of sp³-hybridized carbons (Fsp3) is 0. The van der Waals surface area contributed by atoms with Crippen molar-refractivity contribution in [1.29, 1.82) is 0 Å². The third kappa shape index (κ3) is 4.02. The van der Waals surface area contributed by atoms with E-state index in [2.05, 4.69) is 29.2 Å². The molecule has 15 heteroatoms. The zero-order chi connectivity index (χ0) is 21.1. The molecule has 0 amide bonds. The van der Waals surface area contributed by atoms with Crippen LogP contribution in [-0.2, 0) is 20.0 Å². The van der Waals surface area contributed by atoms with Crippen LogP contribution in [0.3, 0.4) is 0 Å². The predicted octanol–water partition coefficient (Wildman–Crippen LogP) is 3.40. The summed E-state index contributed by atoms with van der Waals surface area (Å²) >= 11 is 0. The smallest absolute Gasteiger partial charge is 0.243 e. The molecule has 3 aromatic rings. The van der Waals surface area contributed by atoms with Gasteiger partial charge in [0.05, 0.1) is 9.79 Å². The van der Waals surface area contributed by atoms with E-state index in [-0.39, 0.29) is 21.2 Å². The molecule has 29 heavy (non-hydrogen) atoms. The van der Waals surface area contributed by atoms with E-state index < -0.39 is 20.0 Å². The van der Waals surface area contributed by atoms with Crippen LogP contribution >= 0.6 is 0 Å². The van der Waals surface area contributed by atoms with Crippen LogP contribution in [0, 0.1) is 0 Å². The Labute approximate surface area is 162 Å². The van der Waals surface area contributed by atoms with Crippen molar-refractivity contribution < 1.29 is 21.5 Å². The molecule has 146 valence electrons. The highest BCUT2D eigenvalue weighted by molar-refractivity contribution is 7.90. The van der Waals surface area contributed by atoms with Crippen molar-refractivity contribution in [2.24, 2.45) is 9.04 Å². The highest BCUT2D eigenvalue weighted by atomic mass is 32.2. The number of nitrogens with zero attached hydrogens (tertiary/aromatic N) is 8. The molecule has 0 saturated heterocycles. The molecule has 0 spiro atoms. The number of hydrogen-bond acceptors (Lipinski definition) is 7. The van der Waals surface area contributed by atoms with Crippen LogP contribution in [0.5, 0.6) is 0 Å². The van der Waals surface area contributed by atoms with Gasteiger partial charge in [-0.25, -0.2) is 21.5 Å². The molecule has 0 radical (unpaired) electrons. The summed E-state index contributed by atoms with van der Waals surface area (Å²) in [6.07, 6.45) is 0. The highest BCUT2D eigenvalue weighted by Gasteiger charge is 2.18. The van der Waals surface area contributed by atoms with E-state index in [1.54, 1.807) is 0 Å². The molecule has 2 aromatic carbocycles. The Kier molecular flexibility index (Phi) is 5.21. The first kappa shape index (κ1) is 19.9. The third-order valence-electron chi connectivity index (χ3n) is 3.63. The van der Waals surface area contributed by atoms with Crippen molar-refractivity contribution in [1.82, 2.24) is 10.3 Å². The number of azide groups is 2. The average molecular weight is 432 g/mol. The summed E-state index contributed by atoms with van der Waals surface area (Å²) in [7, 11) is -8.25. The van der Waals surface area contributed by atoms with Crippen molar-refractivity contribution >= 4 is 20.0 Å². The summed E-state index contributed by atoms with van der Waals surface area (Å²) < 4.78 is 57.2. The Morgan fingerprint density at radius 1 is 0.690 bits per heavy atom. The van der Waals surface area contributed by atoms with Gasteiger partial charge in [-0.2, -0.15) is 0 Å². The third-order valence-corrected chi connectivity index (χ3v) is 5.94. The number of benzene rings is 2. The van der Waals surface area contributed by atoms with E-state index in [1.807, 2.05) is 0 Å². The maximum absolute atomic E-state index is 11.7. The van der Waals surface area contributed by atoms with Crippen molar-refractivity contribution in [2.75, 3.05) is 0 Å². The zero-order valence-corrected chi connectivity index (χ0v) is 15.7. The van der Waals surface area contributed by atoms with E-state index >= 15 is 0 Å². The minimum Gasteiger partial charge on any atom is -0.243 e. The normalized spacial score (nSPS) is 11.3. The van der Waals surface area contributed by atoms with Gasteiger partial charge in [0.15, 0.2) is 0 Å². The lowest BCUT2D eigenvalue weighted by Crippen LogP contribution is -1.95. The van der Waals surface area contributed by atoms with Crippen LogP contribution in [0.25, 0.3) is 43.4 Å². The van der Waals surface area contributed by atoms with Crippen LogP contribution in [0.4, 0.5) is 0 Å². The number of hydrogen-bond donors (Lipinski definition) is 0. The van der Waals surface area contributed by atoms with Gasteiger partial charge in [0.2, 0.25) is 0 Å². The topological polar surface area (TPSA) is 205 Å². The molecule has 1 heterocycles. The van der Waals surface area contributed by atoms with Crippen molar-refractivity contribution in [3.05, 3.63) is 69.4 Å². The van der Waals surface area contributed by atoms with Gasteiger partial charge in [0, 0.05) is 30.0 Å². The first-order chi connectivity index (χ1) is 13.8. The van der Waals surface area contributed by atoms with E-state index in [4.69, 9.17) is 15.7 Å². The van der Waals surface area contributed by atoms with E-state index in [0.29, 0.717) is 11.1 Å². The lowest BCUT2D eigenvalue weighted by molar-refractivity contribution is 0.310. The Balaban J connectivity index is 1.98. The van der Waals surface area contributed by atoms with Crippen LogP contribution < -0.4 is 0 Å². The van der Waals surface area contributed by atoms with E-state index in [1.165, 1.54) is 48.5 Å². The highest BCUT2D eigenvalue weighted by Crippen LogP contribution is 2.30. The maximum Gasteiger partial charge on any atom is 0.264 e. The Morgan fingerprint density at radius 2 is 1.03 bits per heavy atom. The SMILES string of the molecule is [N-]=[N+]=NS(=O)(=O)c1ccc(-c2nonc2-c2ccc(S(=O)(=O)N=[N+]=[N-])cc2)cc1. The molecule has 1 aromatic heterocycles. The molecular formula is C14H8N8O5S2. The van der Waals surface area contributed by atoms with Crippen LogP contribution in [-0.4, -0.2) is 27.1 Å². The molecule has 0 aliphatic carbocycles. The van der Waals surface area contributed by atoms with Gasteiger partial charge in [0.1, 0.15) is 11.4 Å². The molecule has 0 bridgehead atoms. The maximum atomic E-state index is 11.7. The second-order valence-electron chi connectivity index (χ2n) is 5.30. The van der Waals surface area contributed by atoms with Gasteiger partial charge in [0.25, 0.3) is 20.0 Å². The second kappa shape index (κ2) is 7.61. The quantitative estimate of drug-likeness (QED) is 0.322. The van der Waals surface area contributed by atoms with Gasteiger partial charge in [-0.15, -0.1) is 0 Å². The summed E-state index contributed by atoms with van der Waals surface area (Å²) in [5, 5.41) is 7.58. The molecule has 0 saturated carbocycles. The standard InChI is InChI=1S/C14H8N8O5S2/c15-19-21-28(23,24)11-5-1-9(2-6-11)13-14(18-27-17-13)10-3-7-12(8-4-10)29(25,26)22-20-16/h1-8H. The van der Waals surface area contributed by atoms with Crippen LogP contribution in [0.15, 0.2) is 72.0 Å². The largest absolute Gasteiger partial charge is 0.264 e. The molecule has 0 aliphatic heterocycles. The van der Waals surface area contributed by atoms with E-state index in [9.17, 15) is 16.8 Å². The summed E-state index contributed by atoms with van der Waals surface area (Å²) in [5.41, 5.74) is 18.1. The number of sulfonamides is 2. The Bertz CT molecular complexity index is 1260. The molecule has 0 fully saturated rings. The van der Waals surface area contributed by atoms with Gasteiger partial charge < -0.3 is 0 Å². The summed E-state index contributed by atoms with van der Waals surface area (Å²) in [6, 6.07) is 10.6. The molecule has 0 unspecified atom stereocenters. The number of rotatable bonds is 6. The van der Waals surface area contributed by atoms with Gasteiger partial charge in [-0.05, 0) is 45.6 Å². The zero-order valence-electron chi connectivity index (χ0n) is 14.1. The van der Waals surface area contributed by atoms with Gasteiger partial charge in [-0.3, -0.25) is 0 Å². The first-order valence-corrected chi connectivity index (χ1v) is 10.3. The molecular weight excluding hydrogens is 424 g/mol. The lowest BCUT2D eigenvalue weighted by atomic mass is 10.1. The van der Waals surface area contributed by atoms with Crippen LogP contribution in [0.2, 0.25) is 0 Å². The van der Waals surface area contributed by atoms with Crippen molar-refractivity contribution in [3.63, 3.8) is 0 Å². The minimum atomic E-state index is -4.12. The average Bonchev–Trinajstić information content (AvgIpc) is 3.18. The monoisotopic (exact) mass is 432 g/mol. The van der Waals surface area contributed by atoms with Gasteiger partial charge >= 0.3 is 0 Å². The van der Waals surface area contributed by atoms with E-state index in [0.717, 1.165) is 0 Å². The lowest BCUT2D eigenvalue weighted by Gasteiger charge is -2.03. The molecule has 13 nitrogen and oxygen atoms in total. The summed E-state index contributed by atoms with van der Waals surface area (Å²) in [5.74, 6) is 0. The van der Waals surface area contributed by atoms with Gasteiger partial charge in [-0.1, -0.05) is 24.3 Å². The Hall–Kier alpha value is -3.90. The van der Waals surface area contributed by atoms with Crippen molar-refractivity contribution in [3.8, 4) is 22.5 Å². The molecule has 3 rings (SSSR count). The molecule has 0 aliphatic rings. The van der Waals surface area contributed by atoms with Crippen molar-refractivity contribution in [2.45, 2.75) is 9.79 Å². The second-order valence-corrected chi connectivity index (χ2v) is 8.47. The summed E-state index contributed by atoms with van der Waals surface area (Å²) in [4.78, 5) is 4.14. The first-order valence-electron chi connectivity index (χ1n) is 7.45. The number of aromatic nitrogens is 2. The predicted molar refractivity (Wildman–Crippen MR) is 97.8 cm³/mol.